The van der Waals surface area contributed by atoms with Crippen molar-refractivity contribution in [2.24, 2.45) is 11.8 Å². The molecule has 1 aromatic carbocycles. The summed E-state index contributed by atoms with van der Waals surface area (Å²) in [6, 6.07) is 9.21. The molecule has 1 saturated heterocycles. The first-order valence-electron chi connectivity index (χ1n) is 11.8. The Labute approximate surface area is 225 Å². The molecular weight excluding hydrogens is 527 g/mol. The fraction of sp³-hybridized carbons (Fsp3) is 0.444. The number of thiophene rings is 1. The number of hydrogen-bond acceptors (Lipinski definition) is 5. The van der Waals surface area contributed by atoms with Crippen LogP contribution in [0.15, 0.2) is 42.5 Å². The molecule has 8 heteroatoms. The van der Waals surface area contributed by atoms with Crippen LogP contribution in [0.1, 0.15) is 52.2 Å². The lowest BCUT2D eigenvalue weighted by atomic mass is 9.90. The molecule has 1 aromatic heterocycles. The molecule has 4 rings (SSSR count). The average Bonchev–Trinajstić information content (AvgIpc) is 3.42. The Bertz CT molecular complexity index is 1040. The number of ether oxygens (including phenoxy) is 3. The number of alkyl halides is 1. The van der Waals surface area contributed by atoms with Gasteiger partial charge in [0.25, 0.3) is 0 Å². The lowest BCUT2D eigenvalue weighted by molar-refractivity contribution is -0.192. The second-order valence-corrected chi connectivity index (χ2v) is 11.4. The normalized spacial score (nSPS) is 27.1. The van der Waals surface area contributed by atoms with E-state index in [0.717, 1.165) is 49.2 Å². The Morgan fingerprint density at radius 1 is 1.17 bits per heavy atom. The molecule has 0 bridgehead atoms. The van der Waals surface area contributed by atoms with Crippen molar-refractivity contribution in [1.29, 1.82) is 0 Å². The molecule has 1 aliphatic carbocycles. The number of hydrogen-bond donors (Lipinski definition) is 0. The van der Waals surface area contributed by atoms with E-state index < -0.39 is 0 Å². The van der Waals surface area contributed by atoms with Crippen LogP contribution >= 0.6 is 46.1 Å². The summed E-state index contributed by atoms with van der Waals surface area (Å²) in [6.45, 7) is 0.740. The lowest BCUT2D eigenvalue weighted by Crippen LogP contribution is -2.30. The number of rotatable bonds is 8. The maximum absolute atomic E-state index is 11.7. The molecular formula is C27H29Cl3O4S. The minimum atomic E-state index is -0.317. The highest BCUT2D eigenvalue weighted by atomic mass is 35.5. The van der Waals surface area contributed by atoms with Crippen LogP contribution in [0.3, 0.4) is 0 Å². The SMILES string of the molecule is COC(=O)c1ccc(/C=C/C[C@@H]2[C@@H](/C=C/c3cc(Cl)cc(Cl)c3)[C@H](OC3CCCCO3)C[C@H]2Cl)s1. The zero-order valence-corrected chi connectivity index (χ0v) is 22.6. The Balaban J connectivity index is 1.50. The zero-order chi connectivity index (χ0) is 24.8. The summed E-state index contributed by atoms with van der Waals surface area (Å²) in [7, 11) is 1.39. The predicted octanol–water partition coefficient (Wildman–Crippen LogP) is 8.11. The Morgan fingerprint density at radius 3 is 2.69 bits per heavy atom. The van der Waals surface area contributed by atoms with Crippen molar-refractivity contribution in [3.05, 3.63) is 67.8 Å². The molecule has 0 radical (unpaired) electrons. The van der Waals surface area contributed by atoms with Gasteiger partial charge in [0.05, 0.1) is 13.2 Å². The Hall–Kier alpha value is -1.34. The average molecular weight is 556 g/mol. The largest absolute Gasteiger partial charge is 0.465 e. The topological polar surface area (TPSA) is 44.8 Å². The highest BCUT2D eigenvalue weighted by Gasteiger charge is 2.42. The Morgan fingerprint density at radius 2 is 1.97 bits per heavy atom. The molecule has 0 spiro atoms. The van der Waals surface area contributed by atoms with E-state index in [1.807, 2.05) is 30.4 Å². The molecule has 5 atom stereocenters. The van der Waals surface area contributed by atoms with Crippen molar-refractivity contribution in [2.45, 2.75) is 49.9 Å². The van der Waals surface area contributed by atoms with E-state index in [1.54, 1.807) is 12.1 Å². The van der Waals surface area contributed by atoms with Crippen molar-refractivity contribution < 1.29 is 19.0 Å². The first kappa shape index (κ1) is 26.7. The van der Waals surface area contributed by atoms with E-state index in [1.165, 1.54) is 18.4 Å². The molecule has 0 N–H and O–H groups in total. The molecule has 1 saturated carbocycles. The minimum absolute atomic E-state index is 0.0280. The van der Waals surface area contributed by atoms with Gasteiger partial charge in [0, 0.05) is 32.8 Å². The number of carbonyl (C=O) groups is 1. The van der Waals surface area contributed by atoms with Crippen molar-refractivity contribution in [1.82, 2.24) is 0 Å². The fourth-order valence-electron chi connectivity index (χ4n) is 4.69. The number of allylic oxidation sites excluding steroid dienone is 1. The second-order valence-electron chi connectivity index (χ2n) is 8.86. The maximum Gasteiger partial charge on any atom is 0.348 e. The molecule has 2 heterocycles. The third kappa shape index (κ3) is 7.34. The maximum atomic E-state index is 11.7. The van der Waals surface area contributed by atoms with E-state index >= 15 is 0 Å². The predicted molar refractivity (Wildman–Crippen MR) is 145 cm³/mol. The van der Waals surface area contributed by atoms with E-state index in [-0.39, 0.29) is 35.6 Å². The quantitative estimate of drug-likeness (QED) is 0.244. The van der Waals surface area contributed by atoms with Crippen molar-refractivity contribution >= 4 is 64.3 Å². The molecule has 2 aliphatic rings. The molecule has 2 fully saturated rings. The van der Waals surface area contributed by atoms with Crippen molar-refractivity contribution in [3.63, 3.8) is 0 Å². The van der Waals surface area contributed by atoms with Crippen LogP contribution in [0, 0.1) is 11.8 Å². The van der Waals surface area contributed by atoms with Gasteiger partial charge in [0.2, 0.25) is 0 Å². The number of carbonyl (C=O) groups excluding carboxylic acids is 1. The number of esters is 1. The molecule has 0 amide bonds. The standard InChI is InChI=1S/C27H29Cl3O4S/c1-32-27(31)25-11-9-20(35-25)5-4-6-21-22(10-8-17-13-18(28)15-19(29)14-17)24(16-23(21)30)34-26-7-2-3-12-33-26/h4-5,8-11,13-15,21-24,26H,2-3,6-7,12,16H2,1H3/b5-4+,10-8+/t21-,22-,23-,24-,26?/m1/s1. The van der Waals surface area contributed by atoms with Gasteiger partial charge in [0.15, 0.2) is 6.29 Å². The monoisotopic (exact) mass is 554 g/mol. The molecule has 188 valence electrons. The van der Waals surface area contributed by atoms with Gasteiger partial charge in [-0.1, -0.05) is 41.4 Å². The van der Waals surface area contributed by atoms with Crippen LogP contribution in [0.5, 0.6) is 0 Å². The van der Waals surface area contributed by atoms with E-state index in [4.69, 9.17) is 49.0 Å². The zero-order valence-electron chi connectivity index (χ0n) is 19.5. The highest BCUT2D eigenvalue weighted by molar-refractivity contribution is 7.14. The van der Waals surface area contributed by atoms with E-state index in [9.17, 15) is 4.79 Å². The summed E-state index contributed by atoms with van der Waals surface area (Å²) in [5.74, 6) is -0.0191. The highest BCUT2D eigenvalue weighted by Crippen LogP contribution is 2.42. The number of benzene rings is 1. The van der Waals surface area contributed by atoms with Gasteiger partial charge < -0.3 is 14.2 Å². The van der Waals surface area contributed by atoms with Crippen molar-refractivity contribution in [3.8, 4) is 0 Å². The summed E-state index contributed by atoms with van der Waals surface area (Å²) < 4.78 is 17.1. The smallest absolute Gasteiger partial charge is 0.348 e. The van der Waals surface area contributed by atoms with Gasteiger partial charge in [-0.25, -0.2) is 4.79 Å². The van der Waals surface area contributed by atoms with Gasteiger partial charge in [-0.3, -0.25) is 0 Å². The van der Waals surface area contributed by atoms with E-state index in [2.05, 4.69) is 12.2 Å². The van der Waals surface area contributed by atoms with Gasteiger partial charge in [-0.15, -0.1) is 22.9 Å². The summed E-state index contributed by atoms with van der Waals surface area (Å²) in [5.41, 5.74) is 0.941. The second kappa shape index (κ2) is 12.8. The van der Waals surface area contributed by atoms with Crippen LogP contribution in [0.25, 0.3) is 12.2 Å². The van der Waals surface area contributed by atoms with Crippen LogP contribution in [0.2, 0.25) is 10.0 Å². The third-order valence-electron chi connectivity index (χ3n) is 6.41. The first-order chi connectivity index (χ1) is 16.9. The van der Waals surface area contributed by atoms with Crippen LogP contribution < -0.4 is 0 Å². The fourth-order valence-corrected chi connectivity index (χ4v) is 6.54. The van der Waals surface area contributed by atoms with Gasteiger partial charge in [-0.2, -0.15) is 0 Å². The van der Waals surface area contributed by atoms with Crippen LogP contribution in [-0.4, -0.2) is 37.5 Å². The van der Waals surface area contributed by atoms with Gasteiger partial charge in [-0.05, 0) is 80.0 Å². The molecule has 35 heavy (non-hydrogen) atoms. The van der Waals surface area contributed by atoms with Crippen molar-refractivity contribution in [2.75, 3.05) is 13.7 Å². The van der Waals surface area contributed by atoms with E-state index in [0.29, 0.717) is 14.9 Å². The summed E-state index contributed by atoms with van der Waals surface area (Å²) in [5, 5.41) is 1.17. The molecule has 4 nitrogen and oxygen atoms in total. The third-order valence-corrected chi connectivity index (χ3v) is 8.38. The molecule has 1 unspecified atom stereocenters. The first-order valence-corrected chi connectivity index (χ1v) is 13.8. The number of halogens is 3. The van der Waals surface area contributed by atoms with Gasteiger partial charge in [0.1, 0.15) is 4.88 Å². The summed E-state index contributed by atoms with van der Waals surface area (Å²) in [4.78, 5) is 13.3. The Kier molecular flexibility index (Phi) is 9.74. The minimum Gasteiger partial charge on any atom is -0.465 e. The van der Waals surface area contributed by atoms with Crippen LogP contribution in [-0.2, 0) is 14.2 Å². The number of methoxy groups -OCH3 is 1. The molecule has 2 aromatic rings. The van der Waals surface area contributed by atoms with Crippen LogP contribution in [0.4, 0.5) is 0 Å². The lowest BCUT2D eigenvalue weighted by Gasteiger charge is -2.29. The van der Waals surface area contributed by atoms with Gasteiger partial charge >= 0.3 is 5.97 Å². The summed E-state index contributed by atoms with van der Waals surface area (Å²) >= 11 is 20.7. The molecule has 1 aliphatic heterocycles. The summed E-state index contributed by atoms with van der Waals surface area (Å²) in [6.07, 6.45) is 12.8.